The van der Waals surface area contributed by atoms with Crippen molar-refractivity contribution in [1.82, 2.24) is 5.43 Å². The second kappa shape index (κ2) is 7.49. The summed E-state index contributed by atoms with van der Waals surface area (Å²) in [6.07, 6.45) is 1.43. The van der Waals surface area contributed by atoms with Gasteiger partial charge < -0.3 is 9.84 Å². The Hall–Kier alpha value is -3.34. The maximum Gasteiger partial charge on any atom is 0.277 e. The lowest BCUT2D eigenvalue weighted by Crippen LogP contribution is -2.24. The summed E-state index contributed by atoms with van der Waals surface area (Å²) < 4.78 is 5.38. The second-order valence-corrected chi connectivity index (χ2v) is 5.61. The molecule has 25 heavy (non-hydrogen) atoms. The lowest BCUT2D eigenvalue weighted by molar-refractivity contribution is -0.123. The van der Waals surface area contributed by atoms with Crippen LogP contribution in [-0.2, 0) is 4.79 Å². The van der Waals surface area contributed by atoms with Crippen LogP contribution < -0.4 is 10.2 Å². The summed E-state index contributed by atoms with van der Waals surface area (Å²) in [6.45, 7) is 1.84. The van der Waals surface area contributed by atoms with E-state index in [1.165, 1.54) is 6.21 Å². The minimum Gasteiger partial charge on any atom is -0.507 e. The number of benzene rings is 3. The molecule has 126 valence electrons. The Morgan fingerprint density at radius 3 is 2.68 bits per heavy atom. The van der Waals surface area contributed by atoms with Crippen LogP contribution in [0.4, 0.5) is 0 Å². The highest BCUT2D eigenvalue weighted by Crippen LogP contribution is 2.25. The Labute approximate surface area is 145 Å². The first-order valence-corrected chi connectivity index (χ1v) is 7.85. The quantitative estimate of drug-likeness (QED) is 0.555. The van der Waals surface area contributed by atoms with E-state index in [1.54, 1.807) is 18.2 Å². The van der Waals surface area contributed by atoms with E-state index in [2.05, 4.69) is 10.5 Å². The van der Waals surface area contributed by atoms with Crippen LogP contribution in [0.1, 0.15) is 11.1 Å². The van der Waals surface area contributed by atoms with E-state index in [4.69, 9.17) is 4.74 Å². The number of hydrogen-bond acceptors (Lipinski definition) is 4. The van der Waals surface area contributed by atoms with E-state index in [-0.39, 0.29) is 18.3 Å². The van der Waals surface area contributed by atoms with Crippen molar-refractivity contribution in [1.29, 1.82) is 0 Å². The summed E-state index contributed by atoms with van der Waals surface area (Å²) >= 11 is 0. The van der Waals surface area contributed by atoms with Crippen LogP contribution in [0.25, 0.3) is 10.8 Å². The highest BCUT2D eigenvalue weighted by molar-refractivity contribution is 6.02. The van der Waals surface area contributed by atoms with Crippen LogP contribution in [-0.4, -0.2) is 23.8 Å². The van der Waals surface area contributed by atoms with E-state index < -0.39 is 0 Å². The van der Waals surface area contributed by atoms with Gasteiger partial charge in [0.05, 0.1) is 6.21 Å². The van der Waals surface area contributed by atoms with Crippen molar-refractivity contribution >= 4 is 22.9 Å². The van der Waals surface area contributed by atoms with Crippen molar-refractivity contribution in [2.75, 3.05) is 6.61 Å². The summed E-state index contributed by atoms with van der Waals surface area (Å²) in [5.74, 6) is 0.348. The molecule has 2 N–H and O–H groups in total. The molecular weight excluding hydrogens is 316 g/mol. The van der Waals surface area contributed by atoms with Gasteiger partial charge in [-0.25, -0.2) is 5.43 Å². The van der Waals surface area contributed by atoms with Gasteiger partial charge >= 0.3 is 0 Å². The lowest BCUT2D eigenvalue weighted by atomic mass is 10.0. The lowest BCUT2D eigenvalue weighted by Gasteiger charge is -2.06. The molecule has 5 nitrogen and oxygen atoms in total. The first-order valence-electron chi connectivity index (χ1n) is 7.85. The van der Waals surface area contributed by atoms with E-state index in [1.807, 2.05) is 49.4 Å². The molecule has 0 radical (unpaired) electrons. The zero-order valence-corrected chi connectivity index (χ0v) is 13.8. The molecule has 0 saturated heterocycles. The topological polar surface area (TPSA) is 70.9 Å². The molecule has 5 heteroatoms. The van der Waals surface area contributed by atoms with Crippen molar-refractivity contribution < 1.29 is 14.6 Å². The number of phenolic OH excluding ortho intramolecular Hbond substituents is 1. The summed E-state index contributed by atoms with van der Waals surface area (Å²) in [5.41, 5.74) is 4.07. The number of hydrazone groups is 1. The van der Waals surface area contributed by atoms with Crippen LogP contribution in [0.5, 0.6) is 11.5 Å². The molecule has 3 rings (SSSR count). The standard InChI is InChI=1S/C20H18N2O3/c1-14-6-9-16(10-7-14)25-13-20(24)22-21-12-18-17-5-3-2-4-15(17)8-11-19(18)23/h2-12,23H,13H2,1H3,(H,22,24)/b21-12-. The minimum atomic E-state index is -0.378. The number of rotatable bonds is 5. The minimum absolute atomic E-state index is 0.104. The highest BCUT2D eigenvalue weighted by atomic mass is 16.5. The van der Waals surface area contributed by atoms with E-state index in [9.17, 15) is 9.90 Å². The van der Waals surface area contributed by atoms with Gasteiger partial charge in [0.2, 0.25) is 0 Å². The highest BCUT2D eigenvalue weighted by Gasteiger charge is 2.05. The number of amides is 1. The van der Waals surface area contributed by atoms with Crippen molar-refractivity contribution in [2.24, 2.45) is 5.10 Å². The molecule has 1 amide bonds. The van der Waals surface area contributed by atoms with Gasteiger partial charge in [-0.2, -0.15) is 5.10 Å². The van der Waals surface area contributed by atoms with Crippen molar-refractivity contribution in [3.63, 3.8) is 0 Å². The summed E-state index contributed by atoms with van der Waals surface area (Å²) in [5, 5.41) is 15.8. The van der Waals surface area contributed by atoms with Gasteiger partial charge in [0, 0.05) is 5.56 Å². The van der Waals surface area contributed by atoms with Crippen LogP contribution >= 0.6 is 0 Å². The molecule has 0 aliphatic heterocycles. The zero-order chi connectivity index (χ0) is 17.6. The Morgan fingerprint density at radius 1 is 1.12 bits per heavy atom. The smallest absolute Gasteiger partial charge is 0.277 e. The van der Waals surface area contributed by atoms with Gasteiger partial charge in [-0.05, 0) is 35.9 Å². The molecule has 0 spiro atoms. The second-order valence-electron chi connectivity index (χ2n) is 5.61. The van der Waals surface area contributed by atoms with E-state index in [0.717, 1.165) is 16.3 Å². The average Bonchev–Trinajstić information content (AvgIpc) is 2.63. The predicted molar refractivity (Wildman–Crippen MR) is 98.0 cm³/mol. The Bertz CT molecular complexity index is 918. The van der Waals surface area contributed by atoms with Gasteiger partial charge in [0.1, 0.15) is 11.5 Å². The molecule has 3 aromatic rings. The maximum absolute atomic E-state index is 11.8. The van der Waals surface area contributed by atoms with Gasteiger partial charge in [0.15, 0.2) is 6.61 Å². The first-order chi connectivity index (χ1) is 12.1. The summed E-state index contributed by atoms with van der Waals surface area (Å²) in [6, 6.07) is 18.5. The number of ether oxygens (including phenoxy) is 1. The molecule has 0 unspecified atom stereocenters. The largest absolute Gasteiger partial charge is 0.507 e. The molecule has 0 heterocycles. The fourth-order valence-electron chi connectivity index (χ4n) is 2.40. The molecule has 0 bridgehead atoms. The summed E-state index contributed by atoms with van der Waals surface area (Å²) in [4.78, 5) is 11.8. The fourth-order valence-corrected chi connectivity index (χ4v) is 2.40. The summed E-state index contributed by atoms with van der Waals surface area (Å²) in [7, 11) is 0. The number of carbonyl (C=O) groups excluding carboxylic acids is 1. The SMILES string of the molecule is Cc1ccc(OCC(=O)N/N=C\c2c(O)ccc3ccccc23)cc1. The van der Waals surface area contributed by atoms with Crippen LogP contribution in [0.3, 0.4) is 0 Å². The number of hydrogen-bond donors (Lipinski definition) is 2. The Morgan fingerprint density at radius 2 is 1.88 bits per heavy atom. The van der Waals surface area contributed by atoms with Crippen LogP contribution in [0.15, 0.2) is 65.8 Å². The van der Waals surface area contributed by atoms with Gasteiger partial charge in [-0.3, -0.25) is 4.79 Å². The molecular formula is C20H18N2O3. The number of aromatic hydroxyl groups is 1. The predicted octanol–water partition coefficient (Wildman–Crippen LogP) is 3.38. The van der Waals surface area contributed by atoms with Crippen LogP contribution in [0, 0.1) is 6.92 Å². The third-order valence-electron chi connectivity index (χ3n) is 3.72. The number of carbonyl (C=O) groups is 1. The molecule has 0 aromatic heterocycles. The van der Waals surface area contributed by atoms with E-state index >= 15 is 0 Å². The van der Waals surface area contributed by atoms with Crippen molar-refractivity contribution in [2.45, 2.75) is 6.92 Å². The van der Waals surface area contributed by atoms with Crippen LogP contribution in [0.2, 0.25) is 0 Å². The van der Waals surface area contributed by atoms with Crippen molar-refractivity contribution in [3.8, 4) is 11.5 Å². The molecule has 0 saturated carbocycles. The third-order valence-corrected chi connectivity index (χ3v) is 3.72. The Kier molecular flexibility index (Phi) is 4.95. The van der Waals surface area contributed by atoms with Gasteiger partial charge in [-0.15, -0.1) is 0 Å². The van der Waals surface area contributed by atoms with Crippen molar-refractivity contribution in [3.05, 3.63) is 71.8 Å². The molecule has 0 aliphatic carbocycles. The average molecular weight is 334 g/mol. The third kappa shape index (κ3) is 4.14. The first kappa shape index (κ1) is 16.5. The van der Waals surface area contributed by atoms with Gasteiger partial charge in [0.25, 0.3) is 5.91 Å². The van der Waals surface area contributed by atoms with E-state index in [0.29, 0.717) is 11.3 Å². The fraction of sp³-hybridized carbons (Fsp3) is 0.100. The number of nitrogens with one attached hydrogen (secondary N) is 1. The Balaban J connectivity index is 1.62. The molecule has 0 atom stereocenters. The normalized spacial score (nSPS) is 10.9. The number of fused-ring (bicyclic) bond motifs is 1. The maximum atomic E-state index is 11.8. The molecule has 0 fully saturated rings. The zero-order valence-electron chi connectivity index (χ0n) is 13.8. The molecule has 0 aliphatic rings. The monoisotopic (exact) mass is 334 g/mol. The number of phenols is 1. The number of aryl methyl sites for hydroxylation is 1. The molecule has 3 aromatic carbocycles. The number of nitrogens with zero attached hydrogens (tertiary/aromatic N) is 1. The van der Waals surface area contributed by atoms with Gasteiger partial charge in [-0.1, -0.05) is 48.0 Å².